The maximum atomic E-state index is 13.6. The zero-order valence-corrected chi connectivity index (χ0v) is 13.5. The van der Waals surface area contributed by atoms with Crippen LogP contribution in [-0.2, 0) is 9.84 Å². The normalized spacial score (nSPS) is 15.7. The summed E-state index contributed by atoms with van der Waals surface area (Å²) in [6, 6.07) is 8.96. The molecule has 0 spiro atoms. The number of fused-ring (bicyclic) bond motifs is 1. The number of alkyl halides is 3. The number of ether oxygens (including phenoxy) is 1. The van der Waals surface area contributed by atoms with Gasteiger partial charge in [-0.25, -0.2) is 12.8 Å². The lowest BCUT2D eigenvalue weighted by Crippen LogP contribution is -2.21. The van der Waals surface area contributed by atoms with E-state index in [-0.39, 0.29) is 16.3 Å². The highest BCUT2D eigenvalue weighted by atomic mass is 32.2. The molecule has 1 aliphatic rings. The number of anilines is 2. The molecule has 26 heavy (non-hydrogen) atoms. The summed E-state index contributed by atoms with van der Waals surface area (Å²) in [6.07, 6.45) is -3.87. The topological polar surface area (TPSA) is 70.4 Å². The van der Waals surface area contributed by atoms with Crippen LogP contribution in [0.25, 0.3) is 0 Å². The third-order valence-electron chi connectivity index (χ3n) is 3.46. The Morgan fingerprint density at radius 3 is 2.31 bits per heavy atom. The van der Waals surface area contributed by atoms with E-state index in [4.69, 9.17) is 5.26 Å². The summed E-state index contributed by atoms with van der Waals surface area (Å²) >= 11 is 0. The fraction of sp³-hybridized carbons (Fsp3) is 0.0625. The van der Waals surface area contributed by atoms with Crippen molar-refractivity contribution in [2.75, 3.05) is 4.90 Å². The molecule has 3 rings (SSSR count). The van der Waals surface area contributed by atoms with Crippen LogP contribution >= 0.6 is 0 Å². The van der Waals surface area contributed by atoms with Gasteiger partial charge in [-0.3, -0.25) is 0 Å². The molecule has 5 nitrogen and oxygen atoms in total. The molecule has 0 N–H and O–H groups in total. The standard InChI is InChI=1S/C16H8F4N2O3S/c17-10-1-6-15-14(7-10)22(9-13(8-21)26(15,23)24)11-2-4-12(5-3-11)25-16(18,19)20/h1-7,9H. The van der Waals surface area contributed by atoms with Crippen LogP contribution in [0.15, 0.2) is 58.5 Å². The molecule has 0 aliphatic carbocycles. The molecular formula is C16H8F4N2O3S. The zero-order chi connectivity index (χ0) is 19.1. The average molecular weight is 384 g/mol. The van der Waals surface area contributed by atoms with Gasteiger partial charge in [0.15, 0.2) is 4.91 Å². The van der Waals surface area contributed by atoms with E-state index in [1.54, 1.807) is 6.07 Å². The number of nitrogens with zero attached hydrogens (tertiary/aromatic N) is 2. The molecule has 0 unspecified atom stereocenters. The minimum Gasteiger partial charge on any atom is -0.406 e. The van der Waals surface area contributed by atoms with Gasteiger partial charge in [0, 0.05) is 11.9 Å². The van der Waals surface area contributed by atoms with Crippen molar-refractivity contribution in [3.8, 4) is 11.8 Å². The molecule has 1 heterocycles. The van der Waals surface area contributed by atoms with Gasteiger partial charge in [0.1, 0.15) is 17.6 Å². The van der Waals surface area contributed by atoms with Gasteiger partial charge in [0.05, 0.1) is 10.6 Å². The van der Waals surface area contributed by atoms with Crippen molar-refractivity contribution >= 4 is 21.2 Å². The SMILES string of the molecule is N#CC1=CN(c2ccc(OC(F)(F)F)cc2)c2cc(F)ccc2S1(=O)=O. The summed E-state index contributed by atoms with van der Waals surface area (Å²) in [6.45, 7) is 0. The van der Waals surface area contributed by atoms with E-state index >= 15 is 0 Å². The van der Waals surface area contributed by atoms with Crippen molar-refractivity contribution in [2.24, 2.45) is 0 Å². The average Bonchev–Trinajstić information content (AvgIpc) is 2.54. The monoisotopic (exact) mass is 384 g/mol. The Morgan fingerprint density at radius 2 is 1.73 bits per heavy atom. The van der Waals surface area contributed by atoms with E-state index in [2.05, 4.69) is 4.74 Å². The maximum Gasteiger partial charge on any atom is 0.573 e. The number of allylic oxidation sites excluding steroid dienone is 1. The highest BCUT2D eigenvalue weighted by Crippen LogP contribution is 2.40. The van der Waals surface area contributed by atoms with Crippen LogP contribution in [0, 0.1) is 17.1 Å². The number of hydrogen-bond donors (Lipinski definition) is 0. The van der Waals surface area contributed by atoms with Gasteiger partial charge in [0.2, 0.25) is 9.84 Å². The van der Waals surface area contributed by atoms with Crippen LogP contribution in [0.5, 0.6) is 5.75 Å². The third kappa shape index (κ3) is 3.21. The Balaban J connectivity index is 2.10. The van der Waals surface area contributed by atoms with Gasteiger partial charge in [-0.05, 0) is 42.5 Å². The van der Waals surface area contributed by atoms with E-state index in [1.165, 1.54) is 17.0 Å². The van der Waals surface area contributed by atoms with Gasteiger partial charge in [-0.1, -0.05) is 0 Å². The van der Waals surface area contributed by atoms with Crippen LogP contribution < -0.4 is 9.64 Å². The van der Waals surface area contributed by atoms with E-state index in [0.717, 1.165) is 36.5 Å². The van der Waals surface area contributed by atoms with Crippen molar-refractivity contribution in [2.45, 2.75) is 11.3 Å². The van der Waals surface area contributed by atoms with Gasteiger partial charge >= 0.3 is 6.36 Å². The number of nitriles is 1. The highest BCUT2D eigenvalue weighted by molar-refractivity contribution is 7.95. The van der Waals surface area contributed by atoms with Crippen LogP contribution in [0.3, 0.4) is 0 Å². The molecule has 0 radical (unpaired) electrons. The molecule has 2 aromatic carbocycles. The quantitative estimate of drug-likeness (QED) is 0.578. The fourth-order valence-corrected chi connectivity index (χ4v) is 3.67. The molecular weight excluding hydrogens is 376 g/mol. The second-order valence-electron chi connectivity index (χ2n) is 5.13. The Labute approximate surface area is 145 Å². The number of rotatable bonds is 2. The largest absolute Gasteiger partial charge is 0.573 e. The van der Waals surface area contributed by atoms with E-state index < -0.39 is 32.7 Å². The minimum absolute atomic E-state index is 0.0616. The summed E-state index contributed by atoms with van der Waals surface area (Å²) in [7, 11) is -4.10. The third-order valence-corrected chi connectivity index (χ3v) is 5.16. The van der Waals surface area contributed by atoms with Crippen molar-refractivity contribution in [3.63, 3.8) is 0 Å². The molecule has 10 heteroatoms. The van der Waals surface area contributed by atoms with E-state index in [1.807, 2.05) is 0 Å². The second-order valence-corrected chi connectivity index (χ2v) is 7.02. The van der Waals surface area contributed by atoms with Crippen molar-refractivity contribution in [1.29, 1.82) is 5.26 Å². The van der Waals surface area contributed by atoms with Crippen LogP contribution in [0.4, 0.5) is 28.9 Å². The predicted molar refractivity (Wildman–Crippen MR) is 82.5 cm³/mol. The Hall–Kier alpha value is -3.06. The lowest BCUT2D eigenvalue weighted by atomic mass is 10.2. The van der Waals surface area contributed by atoms with E-state index in [0.29, 0.717) is 0 Å². The summed E-state index contributed by atoms with van der Waals surface area (Å²) < 4.78 is 78.8. The van der Waals surface area contributed by atoms with Gasteiger partial charge in [0.25, 0.3) is 0 Å². The fourth-order valence-electron chi connectivity index (χ4n) is 2.39. The molecule has 0 atom stereocenters. The lowest BCUT2D eigenvalue weighted by molar-refractivity contribution is -0.274. The molecule has 2 aromatic rings. The molecule has 0 fully saturated rings. The Kier molecular flexibility index (Phi) is 4.12. The molecule has 1 aliphatic heterocycles. The molecule has 0 bridgehead atoms. The molecule has 0 saturated carbocycles. The first-order chi connectivity index (χ1) is 12.1. The second kappa shape index (κ2) is 6.03. The first-order valence-electron chi connectivity index (χ1n) is 6.93. The van der Waals surface area contributed by atoms with Gasteiger partial charge in [-0.2, -0.15) is 5.26 Å². The first-order valence-corrected chi connectivity index (χ1v) is 8.42. The minimum atomic E-state index is -4.86. The number of sulfone groups is 1. The van der Waals surface area contributed by atoms with Crippen molar-refractivity contribution in [3.05, 3.63) is 59.4 Å². The maximum absolute atomic E-state index is 13.6. The molecule has 0 saturated heterocycles. The smallest absolute Gasteiger partial charge is 0.406 e. The van der Waals surface area contributed by atoms with E-state index in [9.17, 15) is 26.0 Å². The molecule has 134 valence electrons. The van der Waals surface area contributed by atoms with Gasteiger partial charge in [-0.15, -0.1) is 13.2 Å². The van der Waals surface area contributed by atoms with Crippen LogP contribution in [-0.4, -0.2) is 14.8 Å². The number of hydrogen-bond acceptors (Lipinski definition) is 5. The summed E-state index contributed by atoms with van der Waals surface area (Å²) in [5.41, 5.74) is 0.155. The summed E-state index contributed by atoms with van der Waals surface area (Å²) in [5.74, 6) is -1.19. The van der Waals surface area contributed by atoms with Crippen molar-refractivity contribution < 1.29 is 30.7 Å². The Bertz CT molecular complexity index is 1040. The van der Waals surface area contributed by atoms with Crippen LogP contribution in [0.1, 0.15) is 0 Å². The lowest BCUT2D eigenvalue weighted by Gasteiger charge is -2.27. The highest BCUT2D eigenvalue weighted by Gasteiger charge is 2.33. The number of benzene rings is 2. The first kappa shape index (κ1) is 17.8. The van der Waals surface area contributed by atoms with Crippen LogP contribution in [0.2, 0.25) is 0 Å². The zero-order valence-electron chi connectivity index (χ0n) is 12.7. The Morgan fingerprint density at radius 1 is 1.08 bits per heavy atom. The van der Waals surface area contributed by atoms with Crippen molar-refractivity contribution in [1.82, 2.24) is 0 Å². The molecule has 0 aromatic heterocycles. The molecule has 0 amide bonds. The van der Waals surface area contributed by atoms with Gasteiger partial charge < -0.3 is 9.64 Å². The predicted octanol–water partition coefficient (Wildman–Crippen LogP) is 4.01. The number of halogens is 4. The summed E-state index contributed by atoms with van der Waals surface area (Å²) in [5, 5.41) is 9.10. The summed E-state index contributed by atoms with van der Waals surface area (Å²) in [4.78, 5) is 0.343.